The molecule has 0 saturated heterocycles. The quantitative estimate of drug-likeness (QED) is 0.447. The lowest BCUT2D eigenvalue weighted by atomic mass is 10.0. The molecule has 0 radical (unpaired) electrons. The fourth-order valence-corrected chi connectivity index (χ4v) is 5.44. The van der Waals surface area contributed by atoms with Crippen molar-refractivity contribution in [2.45, 2.75) is 65.3 Å². The average molecular weight is 532 g/mol. The highest BCUT2D eigenvalue weighted by atomic mass is 16.5. The summed E-state index contributed by atoms with van der Waals surface area (Å²) in [6.07, 6.45) is 9.81. The first kappa shape index (κ1) is 28.5. The van der Waals surface area contributed by atoms with E-state index in [0.29, 0.717) is 32.5 Å². The first-order valence-electron chi connectivity index (χ1n) is 14.0. The van der Waals surface area contributed by atoms with Gasteiger partial charge < -0.3 is 14.5 Å². The number of nitrogens with zero attached hydrogens (tertiary/aromatic N) is 5. The molecule has 0 aliphatic carbocycles. The van der Waals surface area contributed by atoms with Gasteiger partial charge in [-0.15, -0.1) is 0 Å². The molecule has 8 nitrogen and oxygen atoms in total. The Morgan fingerprint density at radius 2 is 1.74 bits per heavy atom. The molecule has 0 spiro atoms. The van der Waals surface area contributed by atoms with Crippen LogP contribution in [0.15, 0.2) is 42.7 Å². The zero-order chi connectivity index (χ0) is 27.8. The van der Waals surface area contributed by atoms with Gasteiger partial charge in [-0.25, -0.2) is 0 Å². The van der Waals surface area contributed by atoms with Gasteiger partial charge in [0.25, 0.3) is 5.91 Å². The molecule has 39 heavy (non-hydrogen) atoms. The van der Waals surface area contributed by atoms with E-state index in [4.69, 9.17) is 4.74 Å². The number of methoxy groups -OCH3 is 1. The Kier molecular flexibility index (Phi) is 9.87. The molecule has 0 N–H and O–H groups in total. The molecule has 0 saturated carbocycles. The average Bonchev–Trinajstić information content (AvgIpc) is 3.18. The molecule has 208 valence electrons. The van der Waals surface area contributed by atoms with Gasteiger partial charge in [0.1, 0.15) is 6.61 Å². The summed E-state index contributed by atoms with van der Waals surface area (Å²) in [7, 11) is 3.49. The number of carbonyl (C=O) groups excluding carboxylic acids is 2. The van der Waals surface area contributed by atoms with Gasteiger partial charge in [-0.2, -0.15) is 5.10 Å². The third kappa shape index (κ3) is 7.12. The minimum Gasteiger partial charge on any atom is -0.375 e. The number of hydrogen-bond donors (Lipinski definition) is 0. The van der Waals surface area contributed by atoms with Crippen molar-refractivity contribution in [3.05, 3.63) is 65.2 Å². The van der Waals surface area contributed by atoms with Gasteiger partial charge in [0.2, 0.25) is 5.91 Å². The number of benzene rings is 1. The fraction of sp³-hybridized carbons (Fsp3) is 0.484. The van der Waals surface area contributed by atoms with Crippen molar-refractivity contribution in [2.24, 2.45) is 7.05 Å². The smallest absolute Gasteiger partial charge is 0.252 e. The summed E-state index contributed by atoms with van der Waals surface area (Å²) in [6, 6.07) is 10.1. The highest BCUT2D eigenvalue weighted by Crippen LogP contribution is 2.30. The molecule has 1 aliphatic rings. The number of aromatic nitrogens is 3. The molecular weight excluding hydrogens is 490 g/mol. The Balaban J connectivity index is 1.68. The molecule has 0 bridgehead atoms. The highest BCUT2D eigenvalue weighted by molar-refractivity contribution is 5.95. The summed E-state index contributed by atoms with van der Waals surface area (Å²) in [5.41, 5.74) is 7.06. The van der Waals surface area contributed by atoms with Gasteiger partial charge in [0.05, 0.1) is 5.69 Å². The van der Waals surface area contributed by atoms with Crippen LogP contribution in [0.2, 0.25) is 0 Å². The summed E-state index contributed by atoms with van der Waals surface area (Å²) >= 11 is 0. The van der Waals surface area contributed by atoms with Crippen molar-refractivity contribution in [2.75, 3.05) is 31.7 Å². The second kappa shape index (κ2) is 13.5. The molecular formula is C31H41N5O3. The van der Waals surface area contributed by atoms with Crippen molar-refractivity contribution >= 4 is 17.5 Å². The van der Waals surface area contributed by atoms with E-state index >= 15 is 0 Å². The third-order valence-electron chi connectivity index (χ3n) is 7.71. The predicted octanol–water partition coefficient (Wildman–Crippen LogP) is 5.00. The standard InChI is InChI=1S/C31H41N5O3/c1-23-28(24(2)34(3)33-23)13-15-30(37)35-17-8-6-5-7-9-18-36(31(38)22-39-4)29-14-12-25(19-27(29)21-35)26-11-10-16-32-20-26/h10-12,14,16,19-20H,5-9,13,15,17-18,21-22H2,1-4H3. The molecule has 1 aliphatic heterocycles. The van der Waals surface area contributed by atoms with Gasteiger partial charge in [-0.3, -0.25) is 19.3 Å². The van der Waals surface area contributed by atoms with Crippen molar-refractivity contribution in [1.29, 1.82) is 0 Å². The monoisotopic (exact) mass is 531 g/mol. The minimum atomic E-state index is -0.0645. The SMILES string of the molecule is COCC(=O)N1CCCCCCCN(C(=O)CCc2c(C)nn(C)c2C)Cc2cc(-c3cccnc3)ccc21. The van der Waals surface area contributed by atoms with Gasteiger partial charge in [0, 0.05) is 64.0 Å². The van der Waals surface area contributed by atoms with Crippen molar-refractivity contribution in [3.8, 4) is 11.1 Å². The van der Waals surface area contributed by atoms with Gasteiger partial charge >= 0.3 is 0 Å². The van der Waals surface area contributed by atoms with E-state index in [2.05, 4.69) is 23.1 Å². The molecule has 0 unspecified atom stereocenters. The van der Waals surface area contributed by atoms with Crippen molar-refractivity contribution in [3.63, 3.8) is 0 Å². The van der Waals surface area contributed by atoms with Crippen molar-refractivity contribution in [1.82, 2.24) is 19.7 Å². The summed E-state index contributed by atoms with van der Waals surface area (Å²) < 4.78 is 7.10. The Morgan fingerprint density at radius 3 is 2.44 bits per heavy atom. The topological polar surface area (TPSA) is 80.6 Å². The van der Waals surface area contributed by atoms with Gasteiger partial charge in [-0.05, 0) is 73.6 Å². The molecule has 3 heterocycles. The molecule has 2 amide bonds. The number of anilines is 1. The van der Waals surface area contributed by atoms with E-state index in [-0.39, 0.29) is 18.4 Å². The maximum atomic E-state index is 13.7. The molecule has 1 aromatic carbocycles. The lowest BCUT2D eigenvalue weighted by molar-refractivity contribution is -0.131. The van der Waals surface area contributed by atoms with Crippen LogP contribution >= 0.6 is 0 Å². The molecule has 0 atom stereocenters. The molecule has 8 heteroatoms. The van der Waals surface area contributed by atoms with E-state index in [1.54, 1.807) is 13.3 Å². The number of rotatable bonds is 6. The van der Waals surface area contributed by atoms with Crippen molar-refractivity contribution < 1.29 is 14.3 Å². The minimum absolute atomic E-state index is 0.0241. The van der Waals surface area contributed by atoms with Gasteiger partial charge in [-0.1, -0.05) is 31.4 Å². The van der Waals surface area contributed by atoms with Crippen LogP contribution in [0.4, 0.5) is 5.69 Å². The highest BCUT2D eigenvalue weighted by Gasteiger charge is 2.23. The van der Waals surface area contributed by atoms with Crippen LogP contribution in [0.1, 0.15) is 61.0 Å². The lowest BCUT2D eigenvalue weighted by Gasteiger charge is -2.30. The number of pyridine rings is 1. The molecule has 4 rings (SSSR count). The zero-order valence-corrected chi connectivity index (χ0v) is 23.8. The largest absolute Gasteiger partial charge is 0.375 e. The summed E-state index contributed by atoms with van der Waals surface area (Å²) in [4.78, 5) is 35.0. The number of amides is 2. The van der Waals surface area contributed by atoms with Crippen LogP contribution < -0.4 is 4.90 Å². The van der Waals surface area contributed by atoms with E-state index < -0.39 is 0 Å². The normalized spacial score (nSPS) is 14.9. The van der Waals surface area contributed by atoms with E-state index in [0.717, 1.165) is 71.4 Å². The van der Waals surface area contributed by atoms with Crippen LogP contribution in [-0.4, -0.2) is 58.3 Å². The Hall–Kier alpha value is -3.52. The Morgan fingerprint density at radius 1 is 0.974 bits per heavy atom. The summed E-state index contributed by atoms with van der Waals surface area (Å²) in [5.74, 6) is 0.0625. The number of hydrogen-bond acceptors (Lipinski definition) is 5. The number of fused-ring (bicyclic) bond motifs is 1. The zero-order valence-electron chi connectivity index (χ0n) is 23.8. The number of aryl methyl sites for hydroxylation is 2. The predicted molar refractivity (Wildman–Crippen MR) is 153 cm³/mol. The first-order valence-corrected chi connectivity index (χ1v) is 14.0. The maximum Gasteiger partial charge on any atom is 0.252 e. The first-order chi connectivity index (χ1) is 18.9. The van der Waals surface area contributed by atoms with E-state index in [1.807, 2.05) is 58.9 Å². The third-order valence-corrected chi connectivity index (χ3v) is 7.71. The number of ether oxygens (including phenoxy) is 1. The number of carbonyl (C=O) groups is 2. The van der Waals surface area contributed by atoms with Crippen LogP contribution in [0.25, 0.3) is 11.1 Å². The molecule has 3 aromatic rings. The lowest BCUT2D eigenvalue weighted by Crippen LogP contribution is -2.37. The summed E-state index contributed by atoms with van der Waals surface area (Å²) in [6.45, 7) is 5.87. The Bertz CT molecular complexity index is 1270. The van der Waals surface area contributed by atoms with Crippen LogP contribution in [0.3, 0.4) is 0 Å². The van der Waals surface area contributed by atoms with Gasteiger partial charge in [0.15, 0.2) is 0 Å². The summed E-state index contributed by atoms with van der Waals surface area (Å²) in [5, 5.41) is 4.52. The van der Waals surface area contributed by atoms with Crippen LogP contribution in [-0.2, 0) is 34.3 Å². The fourth-order valence-electron chi connectivity index (χ4n) is 5.44. The molecule has 0 fully saturated rings. The van der Waals surface area contributed by atoms with Crippen LogP contribution in [0, 0.1) is 13.8 Å². The molecule has 2 aromatic heterocycles. The second-order valence-electron chi connectivity index (χ2n) is 10.4. The van der Waals surface area contributed by atoms with Crippen LogP contribution in [0.5, 0.6) is 0 Å². The second-order valence-corrected chi connectivity index (χ2v) is 10.4. The van der Waals surface area contributed by atoms with E-state index in [1.165, 1.54) is 0 Å². The Labute approximate surface area is 232 Å². The van der Waals surface area contributed by atoms with E-state index in [9.17, 15) is 9.59 Å². The maximum absolute atomic E-state index is 13.7.